The summed E-state index contributed by atoms with van der Waals surface area (Å²) in [4.78, 5) is 0. The van der Waals surface area contributed by atoms with Crippen LogP contribution in [0.15, 0.2) is 18.2 Å². The van der Waals surface area contributed by atoms with Gasteiger partial charge < -0.3 is 21.1 Å². The van der Waals surface area contributed by atoms with E-state index in [0.29, 0.717) is 11.1 Å². The number of aliphatic hydroxyl groups is 2. The van der Waals surface area contributed by atoms with Crippen molar-refractivity contribution in [1.82, 2.24) is 0 Å². The minimum absolute atomic E-state index is 0.0405. The second kappa shape index (κ2) is 4.23. The Kier molecular flexibility index (Phi) is 3.25. The first kappa shape index (κ1) is 9.98. The Labute approximate surface area is 76.2 Å². The summed E-state index contributed by atoms with van der Waals surface area (Å²) in [6, 6.07) is 4.03. The number of benzene rings is 1. The number of phenolic OH excluding ortho intramolecular Hbond substituents is 1. The normalized spacial score (nSPS) is 12.8. The molecule has 0 aliphatic heterocycles. The molecule has 4 nitrogen and oxygen atoms in total. The quantitative estimate of drug-likeness (QED) is 0.526. The molecular formula is C9H13NO3. The van der Waals surface area contributed by atoms with Crippen LogP contribution in [0.5, 0.6) is 5.75 Å². The van der Waals surface area contributed by atoms with Crippen LogP contribution in [0, 0.1) is 0 Å². The first-order valence-electron chi connectivity index (χ1n) is 3.98. The SMILES string of the molecule is N[C@H](CO)c1cc(CO)ccc1O. The predicted molar refractivity (Wildman–Crippen MR) is 48.0 cm³/mol. The molecule has 0 spiro atoms. The van der Waals surface area contributed by atoms with E-state index in [1.165, 1.54) is 6.07 Å². The van der Waals surface area contributed by atoms with E-state index in [2.05, 4.69) is 0 Å². The molecule has 4 heteroatoms. The van der Waals surface area contributed by atoms with Gasteiger partial charge in [-0.2, -0.15) is 0 Å². The number of nitrogens with two attached hydrogens (primary N) is 1. The van der Waals surface area contributed by atoms with E-state index in [-0.39, 0.29) is 19.0 Å². The van der Waals surface area contributed by atoms with E-state index in [0.717, 1.165) is 0 Å². The van der Waals surface area contributed by atoms with E-state index in [4.69, 9.17) is 15.9 Å². The topological polar surface area (TPSA) is 86.7 Å². The van der Waals surface area contributed by atoms with Crippen molar-refractivity contribution in [3.63, 3.8) is 0 Å². The average Bonchev–Trinajstić information content (AvgIpc) is 2.17. The Bertz CT molecular complexity index is 288. The summed E-state index contributed by atoms with van der Waals surface area (Å²) in [5, 5.41) is 27.0. The van der Waals surface area contributed by atoms with E-state index < -0.39 is 6.04 Å². The summed E-state index contributed by atoms with van der Waals surface area (Å²) >= 11 is 0. The molecule has 0 bridgehead atoms. The molecule has 0 aliphatic carbocycles. The standard InChI is InChI=1S/C9H13NO3/c10-8(5-12)7-3-6(4-11)1-2-9(7)13/h1-3,8,11-13H,4-5,10H2/t8-/m1/s1. The Balaban J connectivity index is 3.03. The number of hydrogen-bond acceptors (Lipinski definition) is 4. The van der Waals surface area contributed by atoms with Gasteiger partial charge in [-0.3, -0.25) is 0 Å². The van der Waals surface area contributed by atoms with Crippen LogP contribution < -0.4 is 5.73 Å². The number of aliphatic hydroxyl groups excluding tert-OH is 2. The highest BCUT2D eigenvalue weighted by Crippen LogP contribution is 2.23. The molecule has 0 saturated heterocycles. The molecule has 0 radical (unpaired) electrons. The molecule has 13 heavy (non-hydrogen) atoms. The fraction of sp³-hybridized carbons (Fsp3) is 0.333. The highest BCUT2D eigenvalue weighted by molar-refractivity contribution is 5.38. The Morgan fingerprint density at radius 2 is 2.00 bits per heavy atom. The zero-order valence-corrected chi connectivity index (χ0v) is 7.14. The van der Waals surface area contributed by atoms with E-state index in [1.807, 2.05) is 0 Å². The van der Waals surface area contributed by atoms with Gasteiger partial charge in [0.05, 0.1) is 19.3 Å². The van der Waals surface area contributed by atoms with Crippen molar-refractivity contribution in [1.29, 1.82) is 0 Å². The molecule has 0 saturated carbocycles. The van der Waals surface area contributed by atoms with Crippen LogP contribution in [0.1, 0.15) is 17.2 Å². The highest BCUT2D eigenvalue weighted by Gasteiger charge is 2.09. The molecule has 72 valence electrons. The number of rotatable bonds is 3. The third kappa shape index (κ3) is 2.18. The van der Waals surface area contributed by atoms with Gasteiger partial charge in [-0.1, -0.05) is 6.07 Å². The Morgan fingerprint density at radius 3 is 2.54 bits per heavy atom. The maximum Gasteiger partial charge on any atom is 0.120 e. The molecule has 0 amide bonds. The summed E-state index contributed by atoms with van der Waals surface area (Å²) in [6.45, 7) is -0.339. The monoisotopic (exact) mass is 183 g/mol. The smallest absolute Gasteiger partial charge is 0.120 e. The van der Waals surface area contributed by atoms with Crippen molar-refractivity contribution >= 4 is 0 Å². The highest BCUT2D eigenvalue weighted by atomic mass is 16.3. The lowest BCUT2D eigenvalue weighted by molar-refractivity contribution is 0.263. The number of aromatic hydroxyl groups is 1. The van der Waals surface area contributed by atoms with Crippen LogP contribution in [0.3, 0.4) is 0 Å². The lowest BCUT2D eigenvalue weighted by Gasteiger charge is -2.11. The predicted octanol–water partition coefficient (Wildman–Crippen LogP) is -0.123. The second-order valence-electron chi connectivity index (χ2n) is 2.84. The summed E-state index contributed by atoms with van der Waals surface area (Å²) in [7, 11) is 0. The van der Waals surface area contributed by atoms with Crippen molar-refractivity contribution in [2.24, 2.45) is 5.73 Å². The second-order valence-corrected chi connectivity index (χ2v) is 2.84. The molecule has 1 atom stereocenters. The van der Waals surface area contributed by atoms with Gasteiger partial charge in [0.2, 0.25) is 0 Å². The zero-order chi connectivity index (χ0) is 9.84. The van der Waals surface area contributed by atoms with Gasteiger partial charge in [0, 0.05) is 5.56 Å². The molecule has 0 fully saturated rings. The van der Waals surface area contributed by atoms with Gasteiger partial charge >= 0.3 is 0 Å². The Hall–Kier alpha value is -1.10. The van der Waals surface area contributed by atoms with Crippen molar-refractivity contribution in [2.45, 2.75) is 12.6 Å². The van der Waals surface area contributed by atoms with Crippen LogP contribution in [-0.2, 0) is 6.61 Å². The van der Waals surface area contributed by atoms with Crippen molar-refractivity contribution < 1.29 is 15.3 Å². The van der Waals surface area contributed by atoms with Crippen molar-refractivity contribution in [2.75, 3.05) is 6.61 Å². The van der Waals surface area contributed by atoms with Gasteiger partial charge in [-0.25, -0.2) is 0 Å². The molecule has 5 N–H and O–H groups in total. The third-order valence-electron chi connectivity index (χ3n) is 1.87. The van der Waals surface area contributed by atoms with Gasteiger partial charge in [-0.05, 0) is 17.7 Å². The molecule has 1 aromatic carbocycles. The fourth-order valence-corrected chi connectivity index (χ4v) is 1.10. The van der Waals surface area contributed by atoms with Crippen LogP contribution >= 0.6 is 0 Å². The largest absolute Gasteiger partial charge is 0.508 e. The molecule has 1 rings (SSSR count). The van der Waals surface area contributed by atoms with Gasteiger partial charge in [-0.15, -0.1) is 0 Å². The maximum atomic E-state index is 9.36. The van der Waals surface area contributed by atoms with E-state index in [9.17, 15) is 5.11 Å². The summed E-state index contributed by atoms with van der Waals surface area (Å²) in [5.74, 6) is 0.0405. The molecule has 0 aliphatic rings. The average molecular weight is 183 g/mol. The lowest BCUT2D eigenvalue weighted by atomic mass is 10.0. The van der Waals surface area contributed by atoms with Crippen LogP contribution in [0.2, 0.25) is 0 Å². The fourth-order valence-electron chi connectivity index (χ4n) is 1.10. The maximum absolute atomic E-state index is 9.36. The van der Waals surface area contributed by atoms with Crippen LogP contribution in [0.25, 0.3) is 0 Å². The van der Waals surface area contributed by atoms with Crippen LogP contribution in [0.4, 0.5) is 0 Å². The van der Waals surface area contributed by atoms with Crippen molar-refractivity contribution in [3.8, 4) is 5.75 Å². The molecule has 0 aromatic heterocycles. The number of phenols is 1. The minimum Gasteiger partial charge on any atom is -0.508 e. The summed E-state index contributed by atoms with van der Waals surface area (Å²) in [5.41, 5.74) is 6.64. The van der Waals surface area contributed by atoms with Gasteiger partial charge in [0.1, 0.15) is 5.75 Å². The first-order chi connectivity index (χ1) is 6.19. The minimum atomic E-state index is -0.605. The van der Waals surface area contributed by atoms with E-state index in [1.54, 1.807) is 12.1 Å². The summed E-state index contributed by atoms with van der Waals surface area (Å²) in [6.07, 6.45) is 0. The molecule has 0 heterocycles. The molecular weight excluding hydrogens is 170 g/mol. The van der Waals surface area contributed by atoms with Gasteiger partial charge in [0.15, 0.2) is 0 Å². The molecule has 0 unspecified atom stereocenters. The zero-order valence-electron chi connectivity index (χ0n) is 7.14. The lowest BCUT2D eigenvalue weighted by Crippen LogP contribution is -2.14. The van der Waals surface area contributed by atoms with Crippen LogP contribution in [-0.4, -0.2) is 21.9 Å². The summed E-state index contributed by atoms with van der Waals surface area (Å²) < 4.78 is 0. The van der Waals surface area contributed by atoms with E-state index >= 15 is 0 Å². The van der Waals surface area contributed by atoms with Crippen molar-refractivity contribution in [3.05, 3.63) is 29.3 Å². The first-order valence-corrected chi connectivity index (χ1v) is 3.98. The third-order valence-corrected chi connectivity index (χ3v) is 1.87. The number of hydrogen-bond donors (Lipinski definition) is 4. The van der Waals surface area contributed by atoms with Gasteiger partial charge in [0.25, 0.3) is 0 Å². The Morgan fingerprint density at radius 1 is 1.31 bits per heavy atom. The molecule has 1 aromatic rings.